The molecule has 0 fully saturated rings. The Kier molecular flexibility index (Phi) is 4.37. The van der Waals surface area contributed by atoms with Crippen LogP contribution < -0.4 is 14.8 Å². The average molecular weight is 328 g/mol. The molecule has 0 radical (unpaired) electrons. The number of fused-ring (bicyclic) bond motifs is 1. The van der Waals surface area contributed by atoms with Crippen LogP contribution in [0.4, 0.5) is 4.39 Å². The molecule has 2 aromatic carbocycles. The zero-order valence-electron chi connectivity index (χ0n) is 13.4. The van der Waals surface area contributed by atoms with Crippen LogP contribution in [0.5, 0.6) is 11.5 Å². The minimum absolute atomic E-state index is 0.281. The van der Waals surface area contributed by atoms with Crippen LogP contribution in [-0.2, 0) is 6.54 Å². The molecule has 0 atom stereocenters. The Bertz CT molecular complexity index is 889. The van der Waals surface area contributed by atoms with E-state index in [1.54, 1.807) is 44.6 Å². The van der Waals surface area contributed by atoms with Crippen LogP contribution in [0.25, 0.3) is 10.9 Å². The van der Waals surface area contributed by atoms with Crippen LogP contribution in [0.15, 0.2) is 42.5 Å². The highest BCUT2D eigenvalue weighted by Crippen LogP contribution is 2.24. The van der Waals surface area contributed by atoms with Gasteiger partial charge in [0.2, 0.25) is 0 Å². The maximum atomic E-state index is 13.2. The Morgan fingerprint density at radius 3 is 2.71 bits per heavy atom. The summed E-state index contributed by atoms with van der Waals surface area (Å²) in [5.74, 6) is 0.724. The van der Waals surface area contributed by atoms with Crippen LogP contribution in [-0.4, -0.2) is 25.1 Å². The van der Waals surface area contributed by atoms with Gasteiger partial charge in [-0.2, -0.15) is 0 Å². The van der Waals surface area contributed by atoms with Gasteiger partial charge in [0.25, 0.3) is 5.91 Å². The average Bonchev–Trinajstić information content (AvgIpc) is 3.02. The van der Waals surface area contributed by atoms with Gasteiger partial charge in [-0.25, -0.2) is 4.39 Å². The van der Waals surface area contributed by atoms with E-state index in [-0.39, 0.29) is 18.3 Å². The third-order valence-corrected chi connectivity index (χ3v) is 3.75. The molecule has 0 unspecified atom stereocenters. The largest absolute Gasteiger partial charge is 0.497 e. The lowest BCUT2D eigenvalue weighted by atomic mass is 10.2. The first-order valence-corrected chi connectivity index (χ1v) is 7.38. The van der Waals surface area contributed by atoms with Crippen molar-refractivity contribution < 1.29 is 18.7 Å². The number of ether oxygens (including phenoxy) is 2. The number of amides is 1. The molecule has 1 aromatic heterocycles. The third-order valence-electron chi connectivity index (χ3n) is 3.75. The number of rotatable bonds is 5. The normalized spacial score (nSPS) is 10.6. The van der Waals surface area contributed by atoms with Crippen molar-refractivity contribution in [3.05, 3.63) is 59.5 Å². The minimum atomic E-state index is -0.338. The van der Waals surface area contributed by atoms with Gasteiger partial charge in [0.1, 0.15) is 23.0 Å². The van der Waals surface area contributed by atoms with Gasteiger partial charge in [-0.15, -0.1) is 0 Å². The quantitative estimate of drug-likeness (QED) is 0.756. The van der Waals surface area contributed by atoms with Crippen molar-refractivity contribution in [1.29, 1.82) is 0 Å². The molecule has 24 heavy (non-hydrogen) atoms. The minimum Gasteiger partial charge on any atom is -0.497 e. The molecular weight excluding hydrogens is 311 g/mol. The molecule has 2 N–H and O–H groups in total. The molecule has 0 aliphatic rings. The summed E-state index contributed by atoms with van der Waals surface area (Å²) in [6, 6.07) is 11.3. The first-order chi connectivity index (χ1) is 11.6. The molecule has 3 aromatic rings. The molecule has 0 spiro atoms. The molecule has 1 heterocycles. The van der Waals surface area contributed by atoms with Crippen molar-refractivity contribution in [2.75, 3.05) is 14.2 Å². The summed E-state index contributed by atoms with van der Waals surface area (Å²) >= 11 is 0. The molecule has 5 nitrogen and oxygen atoms in total. The van der Waals surface area contributed by atoms with Gasteiger partial charge in [-0.1, -0.05) is 0 Å². The zero-order chi connectivity index (χ0) is 17.1. The number of carbonyl (C=O) groups is 1. The lowest BCUT2D eigenvalue weighted by Crippen LogP contribution is -2.23. The van der Waals surface area contributed by atoms with Crippen molar-refractivity contribution >= 4 is 16.8 Å². The highest BCUT2D eigenvalue weighted by atomic mass is 19.1. The Balaban J connectivity index is 1.77. The van der Waals surface area contributed by atoms with Gasteiger partial charge >= 0.3 is 0 Å². The van der Waals surface area contributed by atoms with Crippen molar-refractivity contribution in [2.45, 2.75) is 6.54 Å². The van der Waals surface area contributed by atoms with Crippen LogP contribution in [0, 0.1) is 5.82 Å². The summed E-state index contributed by atoms with van der Waals surface area (Å²) in [5, 5.41) is 3.47. The van der Waals surface area contributed by atoms with Gasteiger partial charge in [-0.05, 0) is 42.5 Å². The first-order valence-electron chi connectivity index (χ1n) is 7.38. The molecule has 124 valence electrons. The number of nitrogens with one attached hydrogen (secondary N) is 2. The number of benzene rings is 2. The monoisotopic (exact) mass is 328 g/mol. The van der Waals surface area contributed by atoms with E-state index in [4.69, 9.17) is 9.47 Å². The van der Waals surface area contributed by atoms with Crippen LogP contribution in [0.3, 0.4) is 0 Å². The van der Waals surface area contributed by atoms with E-state index < -0.39 is 0 Å². The first kappa shape index (κ1) is 15.9. The molecule has 1 amide bonds. The number of aromatic amines is 1. The Morgan fingerprint density at radius 2 is 1.96 bits per heavy atom. The van der Waals surface area contributed by atoms with Crippen molar-refractivity contribution in [1.82, 2.24) is 10.3 Å². The predicted molar refractivity (Wildman–Crippen MR) is 89.0 cm³/mol. The summed E-state index contributed by atoms with van der Waals surface area (Å²) < 4.78 is 23.7. The zero-order valence-corrected chi connectivity index (χ0v) is 13.4. The standard InChI is InChI=1S/C18H17FN2O3/c1-23-14-4-6-17(24-2)12(8-14)10-20-18(22)16-9-11-7-13(19)3-5-15(11)21-16/h3-9,21H,10H2,1-2H3,(H,20,22). The van der Waals surface area contributed by atoms with Gasteiger partial charge in [-0.3, -0.25) is 4.79 Å². The Labute approximate surface area is 138 Å². The van der Waals surface area contributed by atoms with Gasteiger partial charge in [0.05, 0.1) is 14.2 Å². The smallest absolute Gasteiger partial charge is 0.267 e. The fraction of sp³-hybridized carbons (Fsp3) is 0.167. The number of H-pyrrole nitrogens is 1. The van der Waals surface area contributed by atoms with Gasteiger partial charge in [0.15, 0.2) is 0 Å². The van der Waals surface area contributed by atoms with Crippen molar-refractivity contribution in [3.63, 3.8) is 0 Å². The molecule has 0 aliphatic heterocycles. The molecule has 0 aliphatic carbocycles. The summed E-state index contributed by atoms with van der Waals surface area (Å²) in [6.45, 7) is 0.281. The number of carbonyl (C=O) groups excluding carboxylic acids is 1. The number of halogens is 1. The molecule has 3 rings (SSSR count). The van der Waals surface area contributed by atoms with Crippen LogP contribution in [0.1, 0.15) is 16.1 Å². The highest BCUT2D eigenvalue weighted by Gasteiger charge is 2.12. The number of hydrogen-bond donors (Lipinski definition) is 2. The summed E-state index contributed by atoms with van der Waals surface area (Å²) in [6.07, 6.45) is 0. The highest BCUT2D eigenvalue weighted by molar-refractivity contribution is 5.98. The van der Waals surface area contributed by atoms with E-state index in [0.29, 0.717) is 28.1 Å². The lowest BCUT2D eigenvalue weighted by molar-refractivity contribution is 0.0946. The Morgan fingerprint density at radius 1 is 1.12 bits per heavy atom. The second-order valence-corrected chi connectivity index (χ2v) is 5.28. The second-order valence-electron chi connectivity index (χ2n) is 5.28. The molecule has 0 saturated heterocycles. The second kappa shape index (κ2) is 6.62. The number of aromatic nitrogens is 1. The molecular formula is C18H17FN2O3. The van der Waals surface area contributed by atoms with Crippen molar-refractivity contribution in [3.8, 4) is 11.5 Å². The molecule has 6 heteroatoms. The predicted octanol–water partition coefficient (Wildman–Crippen LogP) is 3.25. The van der Waals surface area contributed by atoms with Gasteiger partial charge in [0, 0.05) is 23.0 Å². The summed E-state index contributed by atoms with van der Waals surface area (Å²) in [7, 11) is 3.15. The molecule has 0 bridgehead atoms. The van der Waals surface area contributed by atoms with E-state index in [0.717, 1.165) is 5.56 Å². The van der Waals surface area contributed by atoms with Crippen molar-refractivity contribution in [2.24, 2.45) is 0 Å². The Hall–Kier alpha value is -3.02. The maximum absolute atomic E-state index is 13.2. The van der Waals surface area contributed by atoms with Crippen LogP contribution in [0.2, 0.25) is 0 Å². The topological polar surface area (TPSA) is 63.4 Å². The fourth-order valence-electron chi connectivity index (χ4n) is 2.52. The van der Waals surface area contributed by atoms with Crippen LogP contribution >= 0.6 is 0 Å². The fourth-order valence-corrected chi connectivity index (χ4v) is 2.52. The lowest BCUT2D eigenvalue weighted by Gasteiger charge is -2.11. The van der Waals surface area contributed by atoms with Gasteiger partial charge < -0.3 is 19.8 Å². The van der Waals surface area contributed by atoms with E-state index in [9.17, 15) is 9.18 Å². The van der Waals surface area contributed by atoms with E-state index in [2.05, 4.69) is 10.3 Å². The molecule has 0 saturated carbocycles. The SMILES string of the molecule is COc1ccc(OC)c(CNC(=O)c2cc3cc(F)ccc3[nH]2)c1. The maximum Gasteiger partial charge on any atom is 0.267 e. The summed E-state index contributed by atoms with van der Waals surface area (Å²) in [4.78, 5) is 15.3. The summed E-state index contributed by atoms with van der Waals surface area (Å²) in [5.41, 5.74) is 1.88. The third kappa shape index (κ3) is 3.17. The number of hydrogen-bond acceptors (Lipinski definition) is 3. The van der Waals surface area contributed by atoms with E-state index in [1.165, 1.54) is 12.1 Å². The van der Waals surface area contributed by atoms with E-state index >= 15 is 0 Å². The van der Waals surface area contributed by atoms with E-state index in [1.807, 2.05) is 0 Å². The number of methoxy groups -OCH3 is 2.